The zero-order valence-electron chi connectivity index (χ0n) is 14.1. The van der Waals surface area contributed by atoms with E-state index < -0.39 is 0 Å². The molecule has 0 aliphatic rings. The second-order valence-corrected chi connectivity index (χ2v) is 6.60. The van der Waals surface area contributed by atoms with Crippen molar-refractivity contribution < 1.29 is 9.36 Å². The molecular weight excluding hydrogens is 342 g/mol. The highest BCUT2D eigenvalue weighted by Crippen LogP contribution is 2.22. The van der Waals surface area contributed by atoms with E-state index in [4.69, 9.17) is 11.6 Å². The van der Waals surface area contributed by atoms with Crippen LogP contribution in [0.5, 0.6) is 0 Å². The molecule has 2 nitrogen and oxygen atoms in total. The van der Waals surface area contributed by atoms with E-state index in [-0.39, 0.29) is 12.3 Å². The first-order valence-electron chi connectivity index (χ1n) is 8.48. The fourth-order valence-electron chi connectivity index (χ4n) is 3.19. The highest BCUT2D eigenvalue weighted by molar-refractivity contribution is 6.30. The minimum Gasteiger partial charge on any atom is -0.287 e. The van der Waals surface area contributed by atoms with Crippen molar-refractivity contribution in [2.75, 3.05) is 0 Å². The molecule has 4 rings (SSSR count). The Kier molecular flexibility index (Phi) is 4.51. The molecule has 4 aromatic rings. The van der Waals surface area contributed by atoms with E-state index in [1.165, 1.54) is 0 Å². The number of Topliss-reactive ketones (excluding diaryl/α,β-unsaturated/α-hetero) is 1. The smallest absolute Gasteiger partial charge is 0.227 e. The number of carbonyl (C=O) groups excluding carboxylic acids is 1. The van der Waals surface area contributed by atoms with E-state index in [9.17, 15) is 4.79 Å². The van der Waals surface area contributed by atoms with Gasteiger partial charge < -0.3 is 0 Å². The van der Waals surface area contributed by atoms with E-state index >= 15 is 0 Å². The fourth-order valence-corrected chi connectivity index (χ4v) is 3.38. The molecule has 0 atom stereocenters. The first-order chi connectivity index (χ1) is 12.7. The number of halogens is 1. The molecule has 3 heteroatoms. The number of carbonyl (C=O) groups is 1. The van der Waals surface area contributed by atoms with Crippen LogP contribution in [0.1, 0.15) is 10.4 Å². The minimum absolute atomic E-state index is 0.0789. The Bertz CT molecular complexity index is 1090. The lowest BCUT2D eigenvalue weighted by Gasteiger charge is -2.08. The third kappa shape index (κ3) is 3.24. The first kappa shape index (κ1) is 16.5. The number of aromatic nitrogens is 1. The second kappa shape index (κ2) is 7.11. The number of para-hydroxylation sites is 1. The highest BCUT2D eigenvalue weighted by atomic mass is 35.5. The van der Waals surface area contributed by atoms with E-state index in [2.05, 4.69) is 16.7 Å². The van der Waals surface area contributed by atoms with Crippen LogP contribution in [-0.2, 0) is 6.54 Å². The summed E-state index contributed by atoms with van der Waals surface area (Å²) in [6.07, 6.45) is 0. The Morgan fingerprint density at radius 1 is 0.808 bits per heavy atom. The van der Waals surface area contributed by atoms with Crippen LogP contribution < -0.4 is 4.57 Å². The standard InChI is InChI=1S/C23H17ClNO/c24-20-11-6-10-19(15-20)22-14-13-17-7-4-5-12-21(17)25(22)16-23(26)18-8-2-1-3-9-18/h1-15H,16H2/q+1. The van der Waals surface area contributed by atoms with Crippen molar-refractivity contribution in [1.29, 1.82) is 0 Å². The number of pyridine rings is 1. The number of hydrogen-bond acceptors (Lipinski definition) is 1. The quantitative estimate of drug-likeness (QED) is 0.357. The third-order valence-electron chi connectivity index (χ3n) is 4.46. The van der Waals surface area contributed by atoms with Crippen LogP contribution in [0, 0.1) is 0 Å². The van der Waals surface area contributed by atoms with Gasteiger partial charge in [0, 0.05) is 33.7 Å². The molecule has 0 radical (unpaired) electrons. The molecule has 26 heavy (non-hydrogen) atoms. The summed E-state index contributed by atoms with van der Waals surface area (Å²) in [6.45, 7) is 0.271. The van der Waals surface area contributed by atoms with Gasteiger partial charge in [-0.05, 0) is 30.3 Å². The van der Waals surface area contributed by atoms with Crippen LogP contribution in [0.4, 0.5) is 0 Å². The SMILES string of the molecule is O=C(C[n+]1c(-c2cccc(Cl)c2)ccc2ccccc21)c1ccccc1. The van der Waals surface area contributed by atoms with Gasteiger partial charge in [0.15, 0.2) is 0 Å². The number of fused-ring (bicyclic) bond motifs is 1. The van der Waals surface area contributed by atoms with Crippen molar-refractivity contribution in [3.8, 4) is 11.3 Å². The van der Waals surface area contributed by atoms with Gasteiger partial charge in [-0.3, -0.25) is 4.79 Å². The molecule has 3 aromatic carbocycles. The summed E-state index contributed by atoms with van der Waals surface area (Å²) in [4.78, 5) is 12.9. The molecule has 0 unspecified atom stereocenters. The van der Waals surface area contributed by atoms with Crippen molar-refractivity contribution >= 4 is 28.3 Å². The number of ketones is 1. The maximum Gasteiger partial charge on any atom is 0.227 e. The molecule has 0 N–H and O–H groups in total. The summed E-state index contributed by atoms with van der Waals surface area (Å²) in [6, 6.07) is 29.3. The molecule has 126 valence electrons. The number of benzene rings is 3. The van der Waals surface area contributed by atoms with Crippen LogP contribution in [0.15, 0.2) is 91.0 Å². The molecule has 0 saturated carbocycles. The van der Waals surface area contributed by atoms with Crippen LogP contribution in [0.3, 0.4) is 0 Å². The maximum atomic E-state index is 12.9. The van der Waals surface area contributed by atoms with Gasteiger partial charge in [0.05, 0.1) is 0 Å². The van der Waals surface area contributed by atoms with E-state index in [0.29, 0.717) is 10.6 Å². The predicted molar refractivity (Wildman–Crippen MR) is 105 cm³/mol. The Morgan fingerprint density at radius 3 is 2.38 bits per heavy atom. The topological polar surface area (TPSA) is 20.9 Å². The van der Waals surface area contributed by atoms with Gasteiger partial charge in [-0.2, -0.15) is 4.57 Å². The van der Waals surface area contributed by atoms with Gasteiger partial charge in [0.25, 0.3) is 0 Å². The molecule has 0 aliphatic heterocycles. The number of rotatable bonds is 4. The largest absolute Gasteiger partial charge is 0.287 e. The summed E-state index contributed by atoms with van der Waals surface area (Å²) in [5.74, 6) is 0.0789. The van der Waals surface area contributed by atoms with Gasteiger partial charge >= 0.3 is 0 Å². The molecule has 0 aliphatic carbocycles. The molecule has 0 amide bonds. The molecule has 1 heterocycles. The van der Waals surface area contributed by atoms with Gasteiger partial charge in [0.1, 0.15) is 0 Å². The average Bonchev–Trinajstić information content (AvgIpc) is 2.69. The van der Waals surface area contributed by atoms with Gasteiger partial charge in [0.2, 0.25) is 23.5 Å². The summed E-state index contributed by atoms with van der Waals surface area (Å²) >= 11 is 6.19. The minimum atomic E-state index is 0.0789. The molecular formula is C23H17ClNO+. The summed E-state index contributed by atoms with van der Waals surface area (Å²) in [7, 11) is 0. The zero-order valence-corrected chi connectivity index (χ0v) is 14.9. The molecule has 0 saturated heterocycles. The zero-order chi connectivity index (χ0) is 17.9. The third-order valence-corrected chi connectivity index (χ3v) is 4.69. The number of nitrogens with zero attached hydrogens (tertiary/aromatic N) is 1. The maximum absolute atomic E-state index is 12.9. The highest BCUT2D eigenvalue weighted by Gasteiger charge is 2.21. The molecule has 0 spiro atoms. The summed E-state index contributed by atoms with van der Waals surface area (Å²) < 4.78 is 2.07. The van der Waals surface area contributed by atoms with E-state index in [1.807, 2.05) is 78.9 Å². The van der Waals surface area contributed by atoms with Gasteiger partial charge in [-0.25, -0.2) is 0 Å². The average molecular weight is 359 g/mol. The lowest BCUT2D eigenvalue weighted by atomic mass is 10.1. The molecule has 1 aromatic heterocycles. The Hall–Kier alpha value is -2.97. The monoisotopic (exact) mass is 358 g/mol. The van der Waals surface area contributed by atoms with Gasteiger partial charge in [-0.1, -0.05) is 60.1 Å². The molecule has 0 fully saturated rings. The van der Waals surface area contributed by atoms with E-state index in [0.717, 1.165) is 22.2 Å². The second-order valence-electron chi connectivity index (χ2n) is 6.16. The van der Waals surface area contributed by atoms with Crippen LogP contribution in [-0.4, -0.2) is 5.78 Å². The van der Waals surface area contributed by atoms with Crippen LogP contribution >= 0.6 is 11.6 Å². The van der Waals surface area contributed by atoms with Gasteiger partial charge in [-0.15, -0.1) is 0 Å². The lowest BCUT2D eigenvalue weighted by molar-refractivity contribution is -0.646. The number of hydrogen-bond donors (Lipinski definition) is 0. The van der Waals surface area contributed by atoms with Crippen molar-refractivity contribution in [2.24, 2.45) is 0 Å². The van der Waals surface area contributed by atoms with Crippen molar-refractivity contribution in [2.45, 2.75) is 6.54 Å². The molecule has 0 bridgehead atoms. The Balaban J connectivity index is 1.87. The normalized spacial score (nSPS) is 10.8. The fraction of sp³-hybridized carbons (Fsp3) is 0.0435. The van der Waals surface area contributed by atoms with Crippen molar-refractivity contribution in [3.63, 3.8) is 0 Å². The van der Waals surface area contributed by atoms with Crippen LogP contribution in [0.2, 0.25) is 5.02 Å². The lowest BCUT2D eigenvalue weighted by Crippen LogP contribution is -2.41. The Morgan fingerprint density at radius 2 is 1.58 bits per heavy atom. The summed E-state index contributed by atoms with van der Waals surface area (Å²) in [5.41, 5.74) is 3.69. The van der Waals surface area contributed by atoms with Crippen molar-refractivity contribution in [1.82, 2.24) is 0 Å². The van der Waals surface area contributed by atoms with Crippen molar-refractivity contribution in [3.05, 3.63) is 102 Å². The first-order valence-corrected chi connectivity index (χ1v) is 8.86. The predicted octanol–water partition coefficient (Wildman–Crippen LogP) is 5.33. The summed E-state index contributed by atoms with van der Waals surface area (Å²) in [5, 5.41) is 1.77. The van der Waals surface area contributed by atoms with Crippen LogP contribution in [0.25, 0.3) is 22.2 Å². The Labute approximate surface area is 157 Å². The van der Waals surface area contributed by atoms with E-state index in [1.54, 1.807) is 0 Å².